The van der Waals surface area contributed by atoms with Crippen molar-refractivity contribution in [3.05, 3.63) is 57.7 Å². The van der Waals surface area contributed by atoms with Crippen LogP contribution in [0.25, 0.3) is 0 Å². The minimum atomic E-state index is -0.508. The van der Waals surface area contributed by atoms with Crippen molar-refractivity contribution >= 4 is 23.2 Å². The number of nitrogens with zero attached hydrogens (tertiary/aromatic N) is 2. The van der Waals surface area contributed by atoms with E-state index in [2.05, 4.69) is 12.2 Å². The van der Waals surface area contributed by atoms with Gasteiger partial charge in [0.15, 0.2) is 0 Å². The maximum atomic E-state index is 13.2. The van der Waals surface area contributed by atoms with E-state index >= 15 is 0 Å². The van der Waals surface area contributed by atoms with Gasteiger partial charge in [-0.2, -0.15) is 0 Å². The molecule has 138 valence electrons. The summed E-state index contributed by atoms with van der Waals surface area (Å²) in [7, 11) is 0. The number of amides is 2. The summed E-state index contributed by atoms with van der Waals surface area (Å²) in [6.45, 7) is 0. The molecule has 4 aliphatic rings. The van der Waals surface area contributed by atoms with E-state index in [0.717, 1.165) is 12.8 Å². The van der Waals surface area contributed by atoms with Crippen molar-refractivity contribution < 1.29 is 14.5 Å². The standard InChI is InChI=1S/C21H20N2O4/c24-20-18-15-9-10-16(17(15)12-5-2-1-3-6-12)19(18)21(25)22(20)13-7-4-8-14(11-13)23(26)27/h4,7-11,15-16,18-19H,1-3,5-6H2/t15-,16-,18-,19+/m1/s1. The monoisotopic (exact) mass is 364 g/mol. The van der Waals surface area contributed by atoms with Crippen LogP contribution in [0.3, 0.4) is 0 Å². The van der Waals surface area contributed by atoms with Crippen LogP contribution < -0.4 is 4.90 Å². The highest BCUT2D eigenvalue weighted by molar-refractivity contribution is 6.23. The van der Waals surface area contributed by atoms with Gasteiger partial charge in [0.25, 0.3) is 5.69 Å². The predicted octanol–water partition coefficient (Wildman–Crippen LogP) is 3.78. The Labute approximate surface area is 156 Å². The van der Waals surface area contributed by atoms with Crippen molar-refractivity contribution in [3.8, 4) is 0 Å². The molecule has 0 unspecified atom stereocenters. The molecule has 6 nitrogen and oxygen atoms in total. The molecule has 6 heteroatoms. The Kier molecular flexibility index (Phi) is 3.57. The Morgan fingerprint density at radius 3 is 2.19 bits per heavy atom. The summed E-state index contributed by atoms with van der Waals surface area (Å²) < 4.78 is 0. The van der Waals surface area contributed by atoms with Gasteiger partial charge >= 0.3 is 0 Å². The van der Waals surface area contributed by atoms with Gasteiger partial charge in [-0.05, 0) is 31.7 Å². The number of anilines is 1. The molecule has 0 aromatic heterocycles. The van der Waals surface area contributed by atoms with Crippen LogP contribution in [0.1, 0.15) is 32.1 Å². The number of nitro groups is 1. The maximum absolute atomic E-state index is 13.2. The summed E-state index contributed by atoms with van der Waals surface area (Å²) in [6.07, 6.45) is 10.0. The second-order valence-electron chi connectivity index (χ2n) is 7.90. The van der Waals surface area contributed by atoms with Crippen LogP contribution in [0.5, 0.6) is 0 Å². The third-order valence-corrected chi connectivity index (χ3v) is 6.58. The SMILES string of the molecule is O=C1[C@@H]2[C@H](C(=O)N1c1cccc([N+](=O)[O-])c1)[C@@H]1C=C[C@@H]2C1=C1CCCCC1. The molecule has 0 N–H and O–H groups in total. The van der Waals surface area contributed by atoms with Crippen molar-refractivity contribution in [1.82, 2.24) is 0 Å². The predicted molar refractivity (Wildman–Crippen MR) is 98.8 cm³/mol. The molecule has 4 atom stereocenters. The Hall–Kier alpha value is -2.76. The summed E-state index contributed by atoms with van der Waals surface area (Å²) in [5.41, 5.74) is 2.97. The summed E-state index contributed by atoms with van der Waals surface area (Å²) in [5, 5.41) is 11.1. The topological polar surface area (TPSA) is 80.5 Å². The number of carbonyl (C=O) groups excluding carboxylic acids is 2. The lowest BCUT2D eigenvalue weighted by molar-refractivity contribution is -0.384. The Morgan fingerprint density at radius 1 is 0.963 bits per heavy atom. The first kappa shape index (κ1) is 16.4. The molecule has 3 aliphatic carbocycles. The van der Waals surface area contributed by atoms with Crippen LogP contribution in [-0.4, -0.2) is 16.7 Å². The smallest absolute Gasteiger partial charge is 0.271 e. The van der Waals surface area contributed by atoms with E-state index in [1.807, 2.05) is 0 Å². The number of carbonyl (C=O) groups is 2. The summed E-state index contributed by atoms with van der Waals surface area (Å²) in [5.74, 6) is -1.08. The van der Waals surface area contributed by atoms with Crippen LogP contribution >= 0.6 is 0 Å². The fourth-order valence-electron chi connectivity index (χ4n) is 5.50. The lowest BCUT2D eigenvalue weighted by Crippen LogP contribution is -2.33. The fraction of sp³-hybridized carbons (Fsp3) is 0.429. The Bertz CT molecular complexity index is 890. The number of imide groups is 1. The van der Waals surface area contributed by atoms with E-state index in [1.54, 1.807) is 6.07 Å². The quantitative estimate of drug-likeness (QED) is 0.346. The zero-order valence-corrected chi connectivity index (χ0v) is 14.8. The van der Waals surface area contributed by atoms with Crippen LogP contribution in [-0.2, 0) is 9.59 Å². The third kappa shape index (κ3) is 2.25. The number of hydrogen-bond donors (Lipinski definition) is 0. The van der Waals surface area contributed by atoms with Gasteiger partial charge in [-0.15, -0.1) is 0 Å². The van der Waals surface area contributed by atoms with Crippen molar-refractivity contribution in [2.75, 3.05) is 4.90 Å². The van der Waals surface area contributed by atoms with E-state index in [0.29, 0.717) is 5.69 Å². The zero-order chi connectivity index (χ0) is 18.7. The third-order valence-electron chi connectivity index (χ3n) is 6.58. The minimum Gasteiger partial charge on any atom is -0.274 e. The van der Waals surface area contributed by atoms with Crippen molar-refractivity contribution in [2.24, 2.45) is 23.7 Å². The normalized spacial score (nSPS) is 31.8. The van der Waals surface area contributed by atoms with Gasteiger partial charge in [-0.1, -0.05) is 35.8 Å². The zero-order valence-electron chi connectivity index (χ0n) is 14.8. The lowest BCUT2D eigenvalue weighted by atomic mass is 9.85. The molecule has 2 amide bonds. The molecular formula is C21H20N2O4. The number of benzene rings is 1. The second-order valence-corrected chi connectivity index (χ2v) is 7.90. The van der Waals surface area contributed by atoms with Gasteiger partial charge < -0.3 is 0 Å². The molecule has 2 bridgehead atoms. The Morgan fingerprint density at radius 2 is 1.59 bits per heavy atom. The lowest BCUT2D eigenvalue weighted by Gasteiger charge is -2.23. The number of allylic oxidation sites excluding steroid dienone is 4. The molecule has 1 heterocycles. The fourth-order valence-corrected chi connectivity index (χ4v) is 5.50. The molecule has 1 saturated heterocycles. The van der Waals surface area contributed by atoms with Crippen molar-refractivity contribution in [1.29, 1.82) is 0 Å². The van der Waals surface area contributed by atoms with E-state index in [1.165, 1.54) is 53.5 Å². The molecule has 5 rings (SSSR count). The van der Waals surface area contributed by atoms with Crippen LogP contribution in [0, 0.1) is 33.8 Å². The molecule has 2 saturated carbocycles. The number of nitro benzene ring substituents is 1. The first-order valence-corrected chi connectivity index (χ1v) is 9.60. The largest absolute Gasteiger partial charge is 0.274 e. The summed E-state index contributed by atoms with van der Waals surface area (Å²) in [6, 6.07) is 5.79. The van der Waals surface area contributed by atoms with Gasteiger partial charge in [-0.3, -0.25) is 19.7 Å². The average molecular weight is 364 g/mol. The highest BCUT2D eigenvalue weighted by Crippen LogP contribution is 2.58. The van der Waals surface area contributed by atoms with Gasteiger partial charge in [0.05, 0.1) is 22.4 Å². The van der Waals surface area contributed by atoms with Gasteiger partial charge in [0, 0.05) is 24.0 Å². The molecule has 1 aromatic carbocycles. The molecule has 0 radical (unpaired) electrons. The summed E-state index contributed by atoms with van der Waals surface area (Å²) >= 11 is 0. The van der Waals surface area contributed by atoms with E-state index in [4.69, 9.17) is 0 Å². The van der Waals surface area contributed by atoms with Crippen LogP contribution in [0.2, 0.25) is 0 Å². The first-order chi connectivity index (χ1) is 13.1. The highest BCUT2D eigenvalue weighted by atomic mass is 16.6. The van der Waals surface area contributed by atoms with Gasteiger partial charge in [0.2, 0.25) is 11.8 Å². The highest BCUT2D eigenvalue weighted by Gasteiger charge is 2.62. The first-order valence-electron chi connectivity index (χ1n) is 9.60. The molecule has 3 fully saturated rings. The number of hydrogen-bond acceptors (Lipinski definition) is 4. The minimum absolute atomic E-state index is 0.0215. The number of rotatable bonds is 2. The second kappa shape index (κ2) is 5.87. The molecule has 1 aromatic rings. The van der Waals surface area contributed by atoms with E-state index in [-0.39, 0.29) is 41.2 Å². The molecular weight excluding hydrogens is 344 g/mol. The van der Waals surface area contributed by atoms with Crippen LogP contribution in [0.4, 0.5) is 11.4 Å². The van der Waals surface area contributed by atoms with Crippen LogP contribution in [0.15, 0.2) is 47.6 Å². The van der Waals surface area contributed by atoms with E-state index < -0.39 is 4.92 Å². The molecule has 0 spiro atoms. The number of fused-ring (bicyclic) bond motifs is 5. The molecule has 1 aliphatic heterocycles. The number of non-ortho nitro benzene ring substituents is 1. The molecule has 27 heavy (non-hydrogen) atoms. The van der Waals surface area contributed by atoms with Crippen molar-refractivity contribution in [2.45, 2.75) is 32.1 Å². The van der Waals surface area contributed by atoms with E-state index in [9.17, 15) is 19.7 Å². The van der Waals surface area contributed by atoms with Gasteiger partial charge in [0.1, 0.15) is 0 Å². The average Bonchev–Trinajstić information content (AvgIpc) is 3.32. The Balaban J connectivity index is 1.52. The van der Waals surface area contributed by atoms with Gasteiger partial charge in [-0.25, -0.2) is 4.90 Å². The summed E-state index contributed by atoms with van der Waals surface area (Å²) in [4.78, 5) is 38.1. The van der Waals surface area contributed by atoms with Crippen molar-refractivity contribution in [3.63, 3.8) is 0 Å². The maximum Gasteiger partial charge on any atom is 0.271 e.